The summed E-state index contributed by atoms with van der Waals surface area (Å²) in [4.78, 5) is 17.3. The number of fused-ring (bicyclic) bond motifs is 1. The third-order valence-corrected chi connectivity index (χ3v) is 4.78. The van der Waals surface area contributed by atoms with Crippen LogP contribution in [0.25, 0.3) is 10.2 Å². The van der Waals surface area contributed by atoms with E-state index in [1.54, 1.807) is 23.5 Å². The number of aromatic nitrogens is 1. The fourth-order valence-electron chi connectivity index (χ4n) is 2.16. The number of aryl methyl sites for hydroxylation is 1. The number of amides is 1. The molecule has 1 amide bonds. The first-order valence-corrected chi connectivity index (χ1v) is 8.23. The van der Waals surface area contributed by atoms with E-state index >= 15 is 0 Å². The molecule has 0 unspecified atom stereocenters. The molecule has 3 aromatic rings. The molecule has 21 heavy (non-hydrogen) atoms. The van der Waals surface area contributed by atoms with Crippen LogP contribution in [0.5, 0.6) is 0 Å². The monoisotopic (exact) mass is 360 g/mol. The zero-order chi connectivity index (χ0) is 14.8. The Hall–Kier alpha value is -1.72. The van der Waals surface area contributed by atoms with Crippen LogP contribution in [0.2, 0.25) is 0 Å². The molecule has 5 heteroatoms. The number of hydrogen-bond acceptors (Lipinski definition) is 2. The molecule has 0 radical (unpaired) electrons. The van der Waals surface area contributed by atoms with E-state index in [-0.39, 0.29) is 5.91 Å². The topological polar surface area (TPSA) is 34.4 Å². The largest absolute Gasteiger partial charge is 0.317 e. The lowest BCUT2D eigenvalue weighted by atomic mass is 10.2. The first-order valence-electron chi connectivity index (χ1n) is 6.62. The van der Waals surface area contributed by atoms with Crippen molar-refractivity contribution in [3.8, 4) is 0 Å². The second-order valence-corrected chi connectivity index (χ2v) is 6.45. The fourth-order valence-corrected chi connectivity index (χ4v) is 3.51. The lowest BCUT2D eigenvalue weighted by Gasteiger charge is -1.99. The Morgan fingerprint density at radius 2 is 1.90 bits per heavy atom. The van der Waals surface area contributed by atoms with E-state index in [4.69, 9.17) is 0 Å². The van der Waals surface area contributed by atoms with Gasteiger partial charge in [-0.1, -0.05) is 39.4 Å². The summed E-state index contributed by atoms with van der Waals surface area (Å²) < 4.78 is 4.16. The SMILES string of the molecule is CCn1c(=NC(=O)c2ccc(Br)cc2)sc2ccccc21. The maximum Gasteiger partial charge on any atom is 0.279 e. The van der Waals surface area contributed by atoms with Crippen molar-refractivity contribution in [2.45, 2.75) is 13.5 Å². The van der Waals surface area contributed by atoms with E-state index < -0.39 is 0 Å². The predicted octanol–water partition coefficient (Wildman–Crippen LogP) is 4.23. The molecule has 0 atom stereocenters. The van der Waals surface area contributed by atoms with Gasteiger partial charge in [0.25, 0.3) is 5.91 Å². The maximum absolute atomic E-state index is 12.3. The lowest BCUT2D eigenvalue weighted by Crippen LogP contribution is -2.15. The van der Waals surface area contributed by atoms with Gasteiger partial charge in [-0.25, -0.2) is 0 Å². The number of hydrogen-bond donors (Lipinski definition) is 0. The molecule has 0 saturated carbocycles. The van der Waals surface area contributed by atoms with Crippen molar-refractivity contribution in [2.24, 2.45) is 4.99 Å². The lowest BCUT2D eigenvalue weighted by molar-refractivity contribution is 0.0998. The maximum atomic E-state index is 12.3. The Labute approximate surface area is 134 Å². The number of rotatable bonds is 2. The van der Waals surface area contributed by atoms with Gasteiger partial charge in [-0.05, 0) is 43.3 Å². The van der Waals surface area contributed by atoms with E-state index in [2.05, 4.69) is 44.5 Å². The minimum absolute atomic E-state index is 0.212. The van der Waals surface area contributed by atoms with Gasteiger partial charge >= 0.3 is 0 Å². The first-order chi connectivity index (χ1) is 10.2. The molecule has 0 N–H and O–H groups in total. The smallest absolute Gasteiger partial charge is 0.279 e. The molecule has 0 aliphatic rings. The highest BCUT2D eigenvalue weighted by Crippen LogP contribution is 2.17. The summed E-state index contributed by atoms with van der Waals surface area (Å²) in [6.07, 6.45) is 0. The molecule has 0 aliphatic carbocycles. The van der Waals surface area contributed by atoms with Gasteiger partial charge in [-0.15, -0.1) is 0 Å². The minimum atomic E-state index is -0.212. The summed E-state index contributed by atoms with van der Waals surface area (Å²) in [6, 6.07) is 15.4. The van der Waals surface area contributed by atoms with Crippen molar-refractivity contribution in [2.75, 3.05) is 0 Å². The molecule has 1 heterocycles. The molecule has 0 bridgehead atoms. The van der Waals surface area contributed by atoms with Crippen molar-refractivity contribution in [3.05, 3.63) is 63.4 Å². The van der Waals surface area contributed by atoms with E-state index in [9.17, 15) is 4.79 Å². The van der Waals surface area contributed by atoms with Crippen molar-refractivity contribution < 1.29 is 4.79 Å². The highest BCUT2D eigenvalue weighted by molar-refractivity contribution is 9.10. The van der Waals surface area contributed by atoms with Crippen LogP contribution in [-0.4, -0.2) is 10.5 Å². The molecule has 1 aromatic heterocycles. The Balaban J connectivity index is 2.10. The Morgan fingerprint density at radius 3 is 2.62 bits per heavy atom. The van der Waals surface area contributed by atoms with Crippen LogP contribution in [0.3, 0.4) is 0 Å². The summed E-state index contributed by atoms with van der Waals surface area (Å²) in [6.45, 7) is 2.85. The molecule has 2 aromatic carbocycles. The average Bonchev–Trinajstić information content (AvgIpc) is 2.84. The summed E-state index contributed by atoms with van der Waals surface area (Å²) in [5.74, 6) is -0.212. The Bertz CT molecular complexity index is 862. The second-order valence-electron chi connectivity index (χ2n) is 4.52. The minimum Gasteiger partial charge on any atom is -0.317 e. The quantitative estimate of drug-likeness (QED) is 0.673. The van der Waals surface area contributed by atoms with Crippen molar-refractivity contribution >= 4 is 43.4 Å². The van der Waals surface area contributed by atoms with Crippen LogP contribution in [0.4, 0.5) is 0 Å². The number of thiazole rings is 1. The zero-order valence-electron chi connectivity index (χ0n) is 11.4. The van der Waals surface area contributed by atoms with E-state index in [0.717, 1.165) is 26.0 Å². The highest BCUT2D eigenvalue weighted by atomic mass is 79.9. The molecule has 0 saturated heterocycles. The number of benzene rings is 2. The van der Waals surface area contributed by atoms with Gasteiger partial charge in [0.05, 0.1) is 10.2 Å². The third kappa shape index (κ3) is 2.84. The second kappa shape index (κ2) is 5.95. The fraction of sp³-hybridized carbons (Fsp3) is 0.125. The van der Waals surface area contributed by atoms with Gasteiger partial charge in [0.1, 0.15) is 0 Å². The number of halogens is 1. The standard InChI is InChI=1S/C16H13BrN2OS/c1-2-19-13-5-3-4-6-14(13)21-16(19)18-15(20)11-7-9-12(17)10-8-11/h3-10H,2H2,1H3. The van der Waals surface area contributed by atoms with Crippen LogP contribution in [-0.2, 0) is 6.54 Å². The number of carbonyl (C=O) groups excluding carboxylic acids is 1. The van der Waals surface area contributed by atoms with Gasteiger partial charge in [0.15, 0.2) is 4.80 Å². The normalized spacial score (nSPS) is 12.0. The molecular weight excluding hydrogens is 348 g/mol. The van der Waals surface area contributed by atoms with E-state index in [1.807, 2.05) is 24.3 Å². The first kappa shape index (κ1) is 14.2. The molecule has 0 fully saturated rings. The molecule has 3 rings (SSSR count). The summed E-state index contributed by atoms with van der Waals surface area (Å²) in [5.41, 5.74) is 1.71. The number of nitrogens with zero attached hydrogens (tertiary/aromatic N) is 2. The van der Waals surface area contributed by atoms with E-state index in [1.165, 1.54) is 0 Å². The van der Waals surface area contributed by atoms with Gasteiger partial charge in [-0.3, -0.25) is 4.79 Å². The average molecular weight is 361 g/mol. The summed E-state index contributed by atoms with van der Waals surface area (Å²) in [5, 5.41) is 0. The van der Waals surface area contributed by atoms with Crippen molar-refractivity contribution in [1.82, 2.24) is 4.57 Å². The van der Waals surface area contributed by atoms with Crippen LogP contribution in [0, 0.1) is 0 Å². The molecule has 106 valence electrons. The van der Waals surface area contributed by atoms with Crippen LogP contribution in [0.1, 0.15) is 17.3 Å². The Kier molecular flexibility index (Phi) is 4.03. The highest BCUT2D eigenvalue weighted by Gasteiger charge is 2.07. The van der Waals surface area contributed by atoms with Gasteiger partial charge < -0.3 is 4.57 Å². The molecule has 0 aliphatic heterocycles. The van der Waals surface area contributed by atoms with Crippen LogP contribution >= 0.6 is 27.3 Å². The van der Waals surface area contributed by atoms with Gasteiger partial charge in [0, 0.05) is 16.6 Å². The van der Waals surface area contributed by atoms with Crippen LogP contribution in [0.15, 0.2) is 58.0 Å². The summed E-state index contributed by atoms with van der Waals surface area (Å²) >= 11 is 4.90. The number of para-hydroxylation sites is 1. The predicted molar refractivity (Wildman–Crippen MR) is 89.5 cm³/mol. The summed E-state index contributed by atoms with van der Waals surface area (Å²) in [7, 11) is 0. The Morgan fingerprint density at radius 1 is 1.19 bits per heavy atom. The van der Waals surface area contributed by atoms with E-state index in [0.29, 0.717) is 5.56 Å². The zero-order valence-corrected chi connectivity index (χ0v) is 13.8. The molecule has 3 nitrogen and oxygen atoms in total. The van der Waals surface area contributed by atoms with Gasteiger partial charge in [0.2, 0.25) is 0 Å². The molecular formula is C16H13BrN2OS. The van der Waals surface area contributed by atoms with Crippen LogP contribution < -0.4 is 4.80 Å². The van der Waals surface area contributed by atoms with Crippen molar-refractivity contribution in [1.29, 1.82) is 0 Å². The number of carbonyl (C=O) groups is 1. The molecule has 0 spiro atoms. The third-order valence-electron chi connectivity index (χ3n) is 3.19. The van der Waals surface area contributed by atoms with Gasteiger partial charge in [-0.2, -0.15) is 4.99 Å². The van der Waals surface area contributed by atoms with Crippen molar-refractivity contribution in [3.63, 3.8) is 0 Å².